The fourth-order valence-corrected chi connectivity index (χ4v) is 2.70. The predicted octanol–water partition coefficient (Wildman–Crippen LogP) is 1.55. The summed E-state index contributed by atoms with van der Waals surface area (Å²) in [5.41, 5.74) is 2.75. The molecular weight excluding hydrogens is 214 g/mol. The fourth-order valence-electron chi connectivity index (χ4n) is 2.70. The van der Waals surface area contributed by atoms with Gasteiger partial charge in [-0.05, 0) is 39.0 Å². The maximum atomic E-state index is 8.84. The smallest absolute Gasteiger partial charge is 0.0540 e. The molecule has 2 N–H and O–H groups in total. The van der Waals surface area contributed by atoms with E-state index in [9.17, 15) is 0 Å². The molecule has 0 fully saturated rings. The van der Waals surface area contributed by atoms with Crippen molar-refractivity contribution in [1.82, 2.24) is 15.1 Å². The zero-order valence-electron chi connectivity index (χ0n) is 10.8. The highest BCUT2D eigenvalue weighted by Gasteiger charge is 2.24. The van der Waals surface area contributed by atoms with Crippen LogP contribution in [0, 0.1) is 0 Å². The molecule has 0 saturated heterocycles. The number of hydrogen-bond donors (Lipinski definition) is 2. The number of rotatable bonds is 5. The van der Waals surface area contributed by atoms with Gasteiger partial charge in [0.2, 0.25) is 0 Å². The standard InChI is InChI=1S/C13H23N3O/c1-10(5-4-8-17)15-12-6-3-7-13-11(12)9-14-16(13)2/h9-10,12,15,17H,3-8H2,1-2H3. The Morgan fingerprint density at radius 2 is 2.47 bits per heavy atom. The van der Waals surface area contributed by atoms with Crippen molar-refractivity contribution in [3.63, 3.8) is 0 Å². The molecule has 1 heterocycles. The van der Waals surface area contributed by atoms with Crippen molar-refractivity contribution < 1.29 is 5.11 Å². The lowest BCUT2D eigenvalue weighted by atomic mass is 9.92. The van der Waals surface area contributed by atoms with Crippen LogP contribution >= 0.6 is 0 Å². The Morgan fingerprint density at radius 3 is 3.24 bits per heavy atom. The van der Waals surface area contributed by atoms with E-state index in [4.69, 9.17) is 5.11 Å². The number of nitrogens with zero attached hydrogens (tertiary/aromatic N) is 2. The molecule has 0 amide bonds. The third-order valence-electron chi connectivity index (χ3n) is 3.66. The second-order valence-corrected chi connectivity index (χ2v) is 5.05. The molecule has 17 heavy (non-hydrogen) atoms. The Bertz CT molecular complexity index is 362. The molecule has 96 valence electrons. The Balaban J connectivity index is 1.98. The van der Waals surface area contributed by atoms with Gasteiger partial charge in [-0.3, -0.25) is 4.68 Å². The monoisotopic (exact) mass is 237 g/mol. The van der Waals surface area contributed by atoms with Gasteiger partial charge < -0.3 is 10.4 Å². The number of aryl methyl sites for hydroxylation is 1. The Hall–Kier alpha value is -0.870. The zero-order chi connectivity index (χ0) is 12.3. The summed E-state index contributed by atoms with van der Waals surface area (Å²) >= 11 is 0. The van der Waals surface area contributed by atoms with Gasteiger partial charge >= 0.3 is 0 Å². The first kappa shape index (κ1) is 12.6. The van der Waals surface area contributed by atoms with Gasteiger partial charge in [-0.15, -0.1) is 0 Å². The van der Waals surface area contributed by atoms with Crippen LogP contribution in [-0.4, -0.2) is 27.5 Å². The predicted molar refractivity (Wildman–Crippen MR) is 67.8 cm³/mol. The summed E-state index contributed by atoms with van der Waals surface area (Å²) in [6.07, 6.45) is 7.49. The van der Waals surface area contributed by atoms with Gasteiger partial charge in [0.05, 0.1) is 6.20 Å². The molecule has 0 aliphatic heterocycles. The van der Waals surface area contributed by atoms with Crippen LogP contribution in [-0.2, 0) is 13.5 Å². The maximum Gasteiger partial charge on any atom is 0.0540 e. The third kappa shape index (κ3) is 2.87. The number of aliphatic hydroxyl groups is 1. The van der Waals surface area contributed by atoms with E-state index in [1.165, 1.54) is 24.1 Å². The quantitative estimate of drug-likeness (QED) is 0.817. The molecule has 2 rings (SSSR count). The highest BCUT2D eigenvalue weighted by atomic mass is 16.2. The van der Waals surface area contributed by atoms with E-state index < -0.39 is 0 Å². The molecule has 0 spiro atoms. The third-order valence-corrected chi connectivity index (χ3v) is 3.66. The van der Waals surface area contributed by atoms with Crippen LogP contribution in [0.3, 0.4) is 0 Å². The average molecular weight is 237 g/mol. The van der Waals surface area contributed by atoms with E-state index in [0.29, 0.717) is 12.1 Å². The van der Waals surface area contributed by atoms with Crippen molar-refractivity contribution in [3.05, 3.63) is 17.5 Å². The van der Waals surface area contributed by atoms with Crippen LogP contribution in [0.15, 0.2) is 6.20 Å². The lowest BCUT2D eigenvalue weighted by Gasteiger charge is -2.27. The Kier molecular flexibility index (Phi) is 4.18. The molecule has 0 bridgehead atoms. The Labute approximate surface area is 103 Å². The minimum atomic E-state index is 0.287. The van der Waals surface area contributed by atoms with Gasteiger partial charge in [0.1, 0.15) is 0 Å². The first-order valence-corrected chi connectivity index (χ1v) is 6.60. The number of hydrogen-bond acceptors (Lipinski definition) is 3. The maximum absolute atomic E-state index is 8.84. The van der Waals surface area contributed by atoms with Gasteiger partial charge in [-0.2, -0.15) is 5.10 Å². The van der Waals surface area contributed by atoms with Crippen molar-refractivity contribution in [2.75, 3.05) is 6.61 Å². The lowest BCUT2D eigenvalue weighted by molar-refractivity contribution is 0.272. The molecule has 4 heteroatoms. The molecule has 2 unspecified atom stereocenters. The summed E-state index contributed by atoms with van der Waals surface area (Å²) < 4.78 is 2.00. The summed E-state index contributed by atoms with van der Waals surface area (Å²) in [6.45, 7) is 2.48. The van der Waals surface area contributed by atoms with Crippen molar-refractivity contribution in [1.29, 1.82) is 0 Å². The molecular formula is C13H23N3O. The molecule has 0 saturated carbocycles. The molecule has 1 aromatic heterocycles. The first-order chi connectivity index (χ1) is 8.22. The molecule has 0 aromatic carbocycles. The van der Waals surface area contributed by atoms with E-state index in [1.54, 1.807) is 0 Å². The van der Waals surface area contributed by atoms with Crippen LogP contribution in [0.5, 0.6) is 0 Å². The van der Waals surface area contributed by atoms with E-state index in [1.807, 2.05) is 17.9 Å². The normalized spacial score (nSPS) is 21.2. The van der Waals surface area contributed by atoms with Crippen LogP contribution in [0.2, 0.25) is 0 Å². The summed E-state index contributed by atoms with van der Waals surface area (Å²) in [5.74, 6) is 0. The SMILES string of the molecule is CC(CCCO)NC1CCCc2c1cnn2C. The average Bonchev–Trinajstić information content (AvgIpc) is 2.70. The summed E-state index contributed by atoms with van der Waals surface area (Å²) in [6, 6.07) is 0.902. The van der Waals surface area contributed by atoms with Gasteiger partial charge in [0.15, 0.2) is 0 Å². The molecule has 2 atom stereocenters. The number of fused-ring (bicyclic) bond motifs is 1. The van der Waals surface area contributed by atoms with Gasteiger partial charge in [0.25, 0.3) is 0 Å². The van der Waals surface area contributed by atoms with E-state index in [2.05, 4.69) is 17.3 Å². The van der Waals surface area contributed by atoms with Crippen molar-refractivity contribution in [2.45, 2.75) is 51.1 Å². The minimum Gasteiger partial charge on any atom is -0.396 e. The molecule has 0 radical (unpaired) electrons. The van der Waals surface area contributed by atoms with Crippen molar-refractivity contribution >= 4 is 0 Å². The van der Waals surface area contributed by atoms with Gasteiger partial charge in [0, 0.05) is 37.0 Å². The minimum absolute atomic E-state index is 0.287. The molecule has 1 aromatic rings. The van der Waals surface area contributed by atoms with Crippen LogP contribution in [0.4, 0.5) is 0 Å². The zero-order valence-corrected chi connectivity index (χ0v) is 10.8. The summed E-state index contributed by atoms with van der Waals surface area (Å²) in [7, 11) is 2.02. The van der Waals surface area contributed by atoms with Gasteiger partial charge in [-0.25, -0.2) is 0 Å². The van der Waals surface area contributed by atoms with Crippen LogP contribution in [0.1, 0.15) is 49.9 Å². The Morgan fingerprint density at radius 1 is 1.65 bits per heavy atom. The first-order valence-electron chi connectivity index (χ1n) is 6.60. The van der Waals surface area contributed by atoms with Crippen molar-refractivity contribution in [3.8, 4) is 0 Å². The van der Waals surface area contributed by atoms with Crippen LogP contribution in [0.25, 0.3) is 0 Å². The van der Waals surface area contributed by atoms with Crippen LogP contribution < -0.4 is 5.32 Å². The largest absolute Gasteiger partial charge is 0.396 e. The lowest BCUT2D eigenvalue weighted by Crippen LogP contribution is -2.32. The highest BCUT2D eigenvalue weighted by molar-refractivity contribution is 5.24. The molecule has 1 aliphatic carbocycles. The van der Waals surface area contributed by atoms with E-state index in [-0.39, 0.29) is 6.61 Å². The van der Waals surface area contributed by atoms with E-state index >= 15 is 0 Å². The topological polar surface area (TPSA) is 50.1 Å². The summed E-state index contributed by atoms with van der Waals surface area (Å²) in [4.78, 5) is 0. The molecule has 4 nitrogen and oxygen atoms in total. The molecule has 1 aliphatic rings. The summed E-state index contributed by atoms with van der Waals surface area (Å²) in [5, 5.41) is 16.9. The second kappa shape index (κ2) is 5.65. The number of aromatic nitrogens is 2. The van der Waals surface area contributed by atoms with Gasteiger partial charge in [-0.1, -0.05) is 0 Å². The van der Waals surface area contributed by atoms with E-state index in [0.717, 1.165) is 19.3 Å². The highest BCUT2D eigenvalue weighted by Crippen LogP contribution is 2.29. The fraction of sp³-hybridized carbons (Fsp3) is 0.769. The number of aliphatic hydroxyl groups excluding tert-OH is 1. The van der Waals surface area contributed by atoms with Crippen molar-refractivity contribution in [2.24, 2.45) is 7.05 Å². The second-order valence-electron chi connectivity index (χ2n) is 5.05. The number of nitrogens with one attached hydrogen (secondary N) is 1.